The highest BCUT2D eigenvalue weighted by atomic mass is 19.1. The van der Waals surface area contributed by atoms with Crippen molar-refractivity contribution < 1.29 is 18.7 Å². The van der Waals surface area contributed by atoms with Gasteiger partial charge in [-0.1, -0.05) is 12.1 Å². The summed E-state index contributed by atoms with van der Waals surface area (Å²) in [6.45, 7) is 5.37. The van der Waals surface area contributed by atoms with Gasteiger partial charge in [-0.25, -0.2) is 9.18 Å². The fraction of sp³-hybridized carbons (Fsp3) is 0.200. The van der Waals surface area contributed by atoms with Crippen LogP contribution in [0.3, 0.4) is 0 Å². The van der Waals surface area contributed by atoms with E-state index in [1.807, 2.05) is 19.9 Å². The van der Waals surface area contributed by atoms with Gasteiger partial charge in [0.15, 0.2) is 0 Å². The van der Waals surface area contributed by atoms with Crippen LogP contribution in [0, 0.1) is 19.7 Å². The lowest BCUT2D eigenvalue weighted by molar-refractivity contribution is -0.137. The van der Waals surface area contributed by atoms with Gasteiger partial charge in [-0.2, -0.15) is 0 Å². The molecular formula is C20H19FN2O3. The SMILES string of the molecule is COC(=O)C1=C(C)N/C(=C/c2cc(C)n(-c3ccccc3F)c2C)C1=O. The number of nitrogens with zero attached hydrogens (tertiary/aromatic N) is 1. The van der Waals surface area contributed by atoms with Crippen molar-refractivity contribution in [1.29, 1.82) is 0 Å². The number of hydrogen-bond donors (Lipinski definition) is 1. The molecule has 1 aliphatic rings. The molecule has 6 heteroatoms. The number of ether oxygens (including phenoxy) is 1. The first kappa shape index (κ1) is 17.7. The number of aryl methyl sites for hydroxylation is 1. The van der Waals surface area contributed by atoms with Crippen LogP contribution in [0.4, 0.5) is 4.39 Å². The van der Waals surface area contributed by atoms with E-state index in [4.69, 9.17) is 0 Å². The Bertz CT molecular complexity index is 983. The number of nitrogens with one attached hydrogen (secondary N) is 1. The Morgan fingerprint density at radius 2 is 1.92 bits per heavy atom. The summed E-state index contributed by atoms with van der Waals surface area (Å²) in [5.74, 6) is -1.40. The van der Waals surface area contributed by atoms with Gasteiger partial charge in [0, 0.05) is 17.1 Å². The highest BCUT2D eigenvalue weighted by Crippen LogP contribution is 2.26. The van der Waals surface area contributed by atoms with Crippen LogP contribution in [0.2, 0.25) is 0 Å². The van der Waals surface area contributed by atoms with Crippen LogP contribution in [-0.2, 0) is 14.3 Å². The molecule has 3 rings (SSSR count). The number of hydrogen-bond acceptors (Lipinski definition) is 4. The number of ketones is 1. The average Bonchev–Trinajstić information content (AvgIpc) is 3.04. The van der Waals surface area contributed by atoms with Crippen molar-refractivity contribution >= 4 is 17.8 Å². The van der Waals surface area contributed by atoms with Crippen molar-refractivity contribution in [2.45, 2.75) is 20.8 Å². The van der Waals surface area contributed by atoms with Crippen LogP contribution in [0.15, 0.2) is 47.3 Å². The summed E-state index contributed by atoms with van der Waals surface area (Å²) >= 11 is 0. The first-order valence-corrected chi connectivity index (χ1v) is 8.11. The molecule has 0 spiro atoms. The van der Waals surface area contributed by atoms with E-state index in [9.17, 15) is 14.0 Å². The Morgan fingerprint density at radius 1 is 1.23 bits per heavy atom. The smallest absolute Gasteiger partial charge is 0.343 e. The second-order valence-electron chi connectivity index (χ2n) is 6.12. The molecule has 0 atom stereocenters. The molecule has 0 aliphatic carbocycles. The quantitative estimate of drug-likeness (QED) is 0.522. The van der Waals surface area contributed by atoms with Crippen molar-refractivity contribution in [1.82, 2.24) is 9.88 Å². The van der Waals surface area contributed by atoms with E-state index in [2.05, 4.69) is 10.1 Å². The third-order valence-corrected chi connectivity index (χ3v) is 4.42. The van der Waals surface area contributed by atoms with Crippen molar-refractivity contribution in [2.24, 2.45) is 0 Å². The zero-order valence-corrected chi connectivity index (χ0v) is 15.0. The molecule has 0 unspecified atom stereocenters. The third-order valence-electron chi connectivity index (χ3n) is 4.42. The lowest BCUT2D eigenvalue weighted by atomic mass is 10.1. The van der Waals surface area contributed by atoms with Gasteiger partial charge >= 0.3 is 5.97 Å². The second-order valence-corrected chi connectivity index (χ2v) is 6.12. The first-order chi connectivity index (χ1) is 12.3. The van der Waals surface area contributed by atoms with Crippen LogP contribution < -0.4 is 5.32 Å². The molecule has 0 radical (unpaired) electrons. The standard InChI is InChI=1S/C20H19FN2O3/c1-11-9-14(13(3)23(11)17-8-6-5-7-15(17)21)10-16-19(24)18(12(2)22-16)20(25)26-4/h5-10,22H,1-4H3/b16-10+. The van der Waals surface area contributed by atoms with Gasteiger partial charge in [0.05, 0.1) is 18.5 Å². The Morgan fingerprint density at radius 3 is 2.58 bits per heavy atom. The minimum atomic E-state index is -0.666. The van der Waals surface area contributed by atoms with E-state index in [0.29, 0.717) is 11.4 Å². The van der Waals surface area contributed by atoms with Crippen LogP contribution in [-0.4, -0.2) is 23.4 Å². The number of carbonyl (C=O) groups excluding carboxylic acids is 2. The van der Waals surface area contributed by atoms with Crippen molar-refractivity contribution in [2.75, 3.05) is 7.11 Å². The largest absolute Gasteiger partial charge is 0.465 e. The minimum absolute atomic E-state index is 0.00154. The predicted octanol–water partition coefficient (Wildman–Crippen LogP) is 3.19. The molecule has 134 valence electrons. The fourth-order valence-electron chi connectivity index (χ4n) is 3.17. The summed E-state index contributed by atoms with van der Waals surface area (Å²) in [7, 11) is 1.24. The van der Waals surface area contributed by atoms with Crippen LogP contribution in [0.1, 0.15) is 23.9 Å². The molecule has 0 bridgehead atoms. The maximum absolute atomic E-state index is 14.2. The third kappa shape index (κ3) is 2.83. The average molecular weight is 354 g/mol. The molecule has 0 saturated heterocycles. The van der Waals surface area contributed by atoms with Gasteiger partial charge < -0.3 is 14.6 Å². The zero-order chi connectivity index (χ0) is 19.0. The Balaban J connectivity index is 2.02. The first-order valence-electron chi connectivity index (χ1n) is 8.11. The van der Waals surface area contributed by atoms with E-state index in [1.165, 1.54) is 13.2 Å². The molecular weight excluding hydrogens is 335 g/mol. The zero-order valence-electron chi connectivity index (χ0n) is 15.0. The molecule has 1 aromatic heterocycles. The maximum atomic E-state index is 14.2. The summed E-state index contributed by atoms with van der Waals surface area (Å²) in [6.07, 6.45) is 1.67. The number of methoxy groups -OCH3 is 1. The number of carbonyl (C=O) groups is 2. The molecule has 5 nitrogen and oxygen atoms in total. The summed E-state index contributed by atoms with van der Waals surface area (Å²) < 4.78 is 20.6. The summed E-state index contributed by atoms with van der Waals surface area (Å²) in [6, 6.07) is 8.39. The number of esters is 1. The second kappa shape index (κ2) is 6.63. The summed E-state index contributed by atoms with van der Waals surface area (Å²) in [4.78, 5) is 24.3. The summed E-state index contributed by atoms with van der Waals surface area (Å²) in [5, 5.41) is 2.93. The minimum Gasteiger partial charge on any atom is -0.465 e. The van der Waals surface area contributed by atoms with Crippen LogP contribution in [0.25, 0.3) is 11.8 Å². The molecule has 0 amide bonds. The van der Waals surface area contributed by atoms with Gasteiger partial charge in [0.25, 0.3) is 0 Å². The van der Waals surface area contributed by atoms with Gasteiger partial charge in [-0.15, -0.1) is 0 Å². The van der Waals surface area contributed by atoms with E-state index >= 15 is 0 Å². The molecule has 0 saturated carbocycles. The number of benzene rings is 1. The number of rotatable bonds is 3. The van der Waals surface area contributed by atoms with Crippen molar-refractivity contribution in [3.8, 4) is 5.69 Å². The van der Waals surface area contributed by atoms with Gasteiger partial charge in [0.2, 0.25) is 5.78 Å². The molecule has 2 aromatic rings. The molecule has 2 heterocycles. The number of halogens is 1. The van der Waals surface area contributed by atoms with E-state index in [1.54, 1.807) is 35.8 Å². The predicted molar refractivity (Wildman–Crippen MR) is 96.0 cm³/mol. The number of allylic oxidation sites excluding steroid dienone is 2. The Hall–Kier alpha value is -3.15. The summed E-state index contributed by atoms with van der Waals surface area (Å²) in [5.41, 5.74) is 3.58. The van der Waals surface area contributed by atoms with Crippen LogP contribution in [0.5, 0.6) is 0 Å². The number of aromatic nitrogens is 1. The van der Waals surface area contributed by atoms with Crippen LogP contribution >= 0.6 is 0 Å². The lowest BCUT2D eigenvalue weighted by Crippen LogP contribution is -2.13. The normalized spacial score (nSPS) is 15.6. The van der Waals surface area contributed by atoms with E-state index < -0.39 is 11.8 Å². The molecule has 26 heavy (non-hydrogen) atoms. The monoisotopic (exact) mass is 354 g/mol. The maximum Gasteiger partial charge on any atom is 0.343 e. The molecule has 0 fully saturated rings. The fourth-order valence-corrected chi connectivity index (χ4v) is 3.17. The van der Waals surface area contributed by atoms with E-state index in [0.717, 1.165) is 17.0 Å². The lowest BCUT2D eigenvalue weighted by Gasteiger charge is -2.10. The number of para-hydroxylation sites is 1. The number of Topliss-reactive ketones (excluding diaryl/α,β-unsaturated/α-hetero) is 1. The molecule has 1 aliphatic heterocycles. The van der Waals surface area contributed by atoms with E-state index in [-0.39, 0.29) is 17.1 Å². The Kier molecular flexibility index (Phi) is 4.50. The highest BCUT2D eigenvalue weighted by molar-refractivity contribution is 6.27. The molecule has 1 N–H and O–H groups in total. The van der Waals surface area contributed by atoms with Gasteiger partial charge in [-0.3, -0.25) is 4.79 Å². The topological polar surface area (TPSA) is 60.3 Å². The van der Waals surface area contributed by atoms with Gasteiger partial charge in [-0.05, 0) is 50.6 Å². The highest BCUT2D eigenvalue weighted by Gasteiger charge is 2.31. The van der Waals surface area contributed by atoms with Gasteiger partial charge in [0.1, 0.15) is 11.4 Å². The Labute approximate surface area is 150 Å². The van der Waals surface area contributed by atoms with Crippen molar-refractivity contribution in [3.05, 3.63) is 70.1 Å². The van der Waals surface area contributed by atoms with Crippen molar-refractivity contribution in [3.63, 3.8) is 0 Å². The molecule has 1 aromatic carbocycles.